The Hall–Kier alpha value is -2.99. The van der Waals surface area contributed by atoms with E-state index in [1.54, 1.807) is 11.8 Å². The Labute approximate surface area is 155 Å². The van der Waals surface area contributed by atoms with Crippen molar-refractivity contribution in [3.8, 4) is 11.6 Å². The number of ether oxygens (including phenoxy) is 1. The standard InChI is InChI=1S/C20H17N3O2S/c1-11-7-8-15-13(9-11)18(26-12-5-3-2-4-6-12)16-17(21)14(10-24)19(22)23-20(16)25-15/h2-10,18H,1H3,(H4,21,22,23). The van der Waals surface area contributed by atoms with Gasteiger partial charge in [0.1, 0.15) is 11.6 Å². The van der Waals surface area contributed by atoms with E-state index in [0.717, 1.165) is 21.8 Å². The molecule has 1 unspecified atom stereocenters. The number of aryl methyl sites for hydroxylation is 1. The number of pyridine rings is 1. The van der Waals surface area contributed by atoms with Gasteiger partial charge in [-0.15, -0.1) is 11.8 Å². The third-order valence-corrected chi connectivity index (χ3v) is 5.61. The SMILES string of the molecule is Cc1ccc2c(c1)C(Sc1ccccc1)c1c(nc(N)c(C=O)c1N)O2. The average molecular weight is 363 g/mol. The maximum atomic E-state index is 11.5. The van der Waals surface area contributed by atoms with Crippen molar-refractivity contribution in [3.05, 3.63) is 70.8 Å². The first-order valence-electron chi connectivity index (χ1n) is 8.12. The second kappa shape index (κ2) is 6.38. The molecule has 1 aliphatic heterocycles. The number of anilines is 2. The summed E-state index contributed by atoms with van der Waals surface area (Å²) in [7, 11) is 0. The molecular formula is C20H17N3O2S. The molecule has 2 aromatic carbocycles. The summed E-state index contributed by atoms with van der Waals surface area (Å²) in [6.45, 7) is 2.03. The summed E-state index contributed by atoms with van der Waals surface area (Å²) in [6, 6.07) is 16.0. The predicted octanol–water partition coefficient (Wildman–Crippen LogP) is 4.35. The third-order valence-electron chi connectivity index (χ3n) is 4.34. The van der Waals surface area contributed by atoms with E-state index in [-0.39, 0.29) is 16.6 Å². The number of rotatable bonds is 3. The van der Waals surface area contributed by atoms with Crippen molar-refractivity contribution in [1.82, 2.24) is 4.98 Å². The molecular weight excluding hydrogens is 346 g/mol. The number of aldehydes is 1. The molecule has 0 aliphatic carbocycles. The highest BCUT2D eigenvalue weighted by molar-refractivity contribution is 7.99. The maximum absolute atomic E-state index is 11.5. The Morgan fingerprint density at radius 3 is 2.65 bits per heavy atom. The molecule has 2 heterocycles. The van der Waals surface area contributed by atoms with Crippen molar-refractivity contribution in [2.45, 2.75) is 17.1 Å². The van der Waals surface area contributed by atoms with E-state index >= 15 is 0 Å². The van der Waals surface area contributed by atoms with E-state index in [2.05, 4.69) is 11.1 Å². The molecule has 0 saturated carbocycles. The molecule has 1 aromatic heterocycles. The Morgan fingerprint density at radius 2 is 1.92 bits per heavy atom. The van der Waals surface area contributed by atoms with Gasteiger partial charge >= 0.3 is 0 Å². The Bertz CT molecular complexity index is 1010. The van der Waals surface area contributed by atoms with Crippen LogP contribution in [0.2, 0.25) is 0 Å². The van der Waals surface area contributed by atoms with Crippen molar-refractivity contribution < 1.29 is 9.53 Å². The van der Waals surface area contributed by atoms with Crippen molar-refractivity contribution in [3.63, 3.8) is 0 Å². The smallest absolute Gasteiger partial charge is 0.228 e. The van der Waals surface area contributed by atoms with Crippen LogP contribution in [0.1, 0.15) is 32.3 Å². The van der Waals surface area contributed by atoms with E-state index in [0.29, 0.717) is 23.4 Å². The quantitative estimate of drug-likeness (QED) is 0.672. The minimum atomic E-state index is -0.150. The molecule has 0 radical (unpaired) electrons. The minimum Gasteiger partial charge on any atom is -0.438 e. The highest BCUT2D eigenvalue weighted by Gasteiger charge is 2.33. The van der Waals surface area contributed by atoms with Gasteiger partial charge in [0, 0.05) is 10.5 Å². The zero-order valence-corrected chi connectivity index (χ0v) is 14.9. The number of nitrogen functional groups attached to an aromatic ring is 2. The van der Waals surface area contributed by atoms with Gasteiger partial charge in [-0.1, -0.05) is 35.9 Å². The lowest BCUT2D eigenvalue weighted by molar-refractivity contribution is 0.112. The fraction of sp³-hybridized carbons (Fsp3) is 0.100. The van der Waals surface area contributed by atoms with Gasteiger partial charge in [0.15, 0.2) is 6.29 Å². The highest BCUT2D eigenvalue weighted by Crippen LogP contribution is 2.53. The molecule has 26 heavy (non-hydrogen) atoms. The predicted molar refractivity (Wildman–Crippen MR) is 104 cm³/mol. The topological polar surface area (TPSA) is 91.2 Å². The van der Waals surface area contributed by atoms with E-state index in [9.17, 15) is 4.79 Å². The number of carbonyl (C=O) groups excluding carboxylic acids is 1. The van der Waals surface area contributed by atoms with Crippen LogP contribution in [0, 0.1) is 6.92 Å². The average Bonchev–Trinajstić information content (AvgIpc) is 2.63. The molecule has 1 aliphatic rings. The summed E-state index contributed by atoms with van der Waals surface area (Å²) in [5, 5.41) is -0.150. The first-order chi connectivity index (χ1) is 12.6. The first-order valence-corrected chi connectivity index (χ1v) is 9.00. The Kier molecular flexibility index (Phi) is 4.05. The van der Waals surface area contributed by atoms with Crippen LogP contribution in [0.5, 0.6) is 11.6 Å². The van der Waals surface area contributed by atoms with Crippen LogP contribution < -0.4 is 16.2 Å². The second-order valence-corrected chi connectivity index (χ2v) is 7.29. The lowest BCUT2D eigenvalue weighted by Gasteiger charge is -2.29. The van der Waals surface area contributed by atoms with Gasteiger partial charge in [-0.25, -0.2) is 0 Å². The number of benzene rings is 2. The van der Waals surface area contributed by atoms with Gasteiger partial charge in [0.2, 0.25) is 5.88 Å². The van der Waals surface area contributed by atoms with Crippen LogP contribution in [0.25, 0.3) is 0 Å². The summed E-state index contributed by atoms with van der Waals surface area (Å²) in [5.74, 6) is 1.16. The number of hydrogen-bond donors (Lipinski definition) is 2. The van der Waals surface area contributed by atoms with Crippen molar-refractivity contribution in [1.29, 1.82) is 0 Å². The van der Waals surface area contributed by atoms with Crippen LogP contribution >= 0.6 is 11.8 Å². The minimum absolute atomic E-state index is 0.0790. The zero-order chi connectivity index (χ0) is 18.3. The molecule has 0 bridgehead atoms. The maximum Gasteiger partial charge on any atom is 0.228 e. The van der Waals surface area contributed by atoms with E-state index in [1.807, 2.05) is 49.4 Å². The van der Waals surface area contributed by atoms with Gasteiger partial charge in [0.25, 0.3) is 0 Å². The summed E-state index contributed by atoms with van der Waals surface area (Å²) < 4.78 is 5.96. The molecule has 5 nitrogen and oxygen atoms in total. The molecule has 0 fully saturated rings. The fourth-order valence-corrected chi connectivity index (χ4v) is 4.31. The van der Waals surface area contributed by atoms with Crippen LogP contribution in [0.4, 0.5) is 11.5 Å². The van der Waals surface area contributed by atoms with Gasteiger partial charge in [-0.2, -0.15) is 4.98 Å². The number of nitrogens with two attached hydrogens (primary N) is 2. The number of aromatic nitrogens is 1. The molecule has 3 aromatic rings. The fourth-order valence-electron chi connectivity index (χ4n) is 3.07. The number of nitrogens with zero attached hydrogens (tertiary/aromatic N) is 1. The summed E-state index contributed by atoms with van der Waals surface area (Å²) in [6.07, 6.45) is 0.647. The lowest BCUT2D eigenvalue weighted by Crippen LogP contribution is -2.15. The molecule has 0 spiro atoms. The monoisotopic (exact) mass is 363 g/mol. The van der Waals surface area contributed by atoms with E-state index in [1.165, 1.54) is 0 Å². The van der Waals surface area contributed by atoms with Gasteiger partial charge in [0.05, 0.1) is 22.1 Å². The number of fused-ring (bicyclic) bond motifs is 2. The highest BCUT2D eigenvalue weighted by atomic mass is 32.2. The molecule has 6 heteroatoms. The van der Waals surface area contributed by atoms with Gasteiger partial charge in [-0.3, -0.25) is 4.79 Å². The van der Waals surface area contributed by atoms with Crippen LogP contribution in [0.15, 0.2) is 53.4 Å². The first kappa shape index (κ1) is 16.5. The molecule has 0 amide bonds. The summed E-state index contributed by atoms with van der Waals surface area (Å²) >= 11 is 1.64. The molecule has 1 atom stereocenters. The largest absolute Gasteiger partial charge is 0.438 e. The second-order valence-electron chi connectivity index (χ2n) is 6.12. The molecule has 4 N–H and O–H groups in total. The van der Waals surface area contributed by atoms with E-state index < -0.39 is 0 Å². The normalized spacial score (nSPS) is 14.9. The van der Waals surface area contributed by atoms with Gasteiger partial charge in [-0.05, 0) is 25.1 Å². The van der Waals surface area contributed by atoms with E-state index in [4.69, 9.17) is 16.2 Å². The Balaban J connectivity index is 1.94. The zero-order valence-electron chi connectivity index (χ0n) is 14.1. The molecule has 0 saturated heterocycles. The third kappa shape index (κ3) is 2.68. The number of hydrogen-bond acceptors (Lipinski definition) is 6. The van der Waals surface area contributed by atoms with Crippen LogP contribution in [-0.4, -0.2) is 11.3 Å². The molecule has 130 valence electrons. The van der Waals surface area contributed by atoms with Crippen molar-refractivity contribution >= 4 is 29.6 Å². The number of thioether (sulfide) groups is 1. The van der Waals surface area contributed by atoms with Crippen molar-refractivity contribution in [2.75, 3.05) is 11.5 Å². The van der Waals surface area contributed by atoms with Crippen LogP contribution in [0.3, 0.4) is 0 Å². The lowest BCUT2D eigenvalue weighted by atomic mass is 9.97. The van der Waals surface area contributed by atoms with Gasteiger partial charge < -0.3 is 16.2 Å². The van der Waals surface area contributed by atoms with Crippen molar-refractivity contribution in [2.24, 2.45) is 0 Å². The molecule has 4 rings (SSSR count). The summed E-state index contributed by atoms with van der Waals surface area (Å²) in [5.41, 5.74) is 15.5. The number of carbonyl (C=O) groups is 1. The Morgan fingerprint density at radius 1 is 1.15 bits per heavy atom. The summed E-state index contributed by atoms with van der Waals surface area (Å²) in [4.78, 5) is 16.8. The van der Waals surface area contributed by atoms with Crippen LogP contribution in [-0.2, 0) is 0 Å².